The summed E-state index contributed by atoms with van der Waals surface area (Å²) in [5.41, 5.74) is 3.66. The van der Waals surface area contributed by atoms with E-state index >= 15 is 0 Å². The number of thiazole rings is 1. The van der Waals surface area contributed by atoms with Crippen molar-refractivity contribution < 1.29 is 9.53 Å². The summed E-state index contributed by atoms with van der Waals surface area (Å²) in [6.45, 7) is 4.45. The van der Waals surface area contributed by atoms with Crippen LogP contribution in [0.15, 0.2) is 23.3 Å². The number of hydrogen-bond acceptors (Lipinski definition) is 4. The van der Waals surface area contributed by atoms with Gasteiger partial charge < -0.3 is 9.30 Å². The van der Waals surface area contributed by atoms with Gasteiger partial charge in [0.15, 0.2) is 4.80 Å². The molecule has 7 heteroatoms. The number of carbonyl (C=O) groups excluding carboxylic acids is 1. The average molecular weight is 354 g/mol. The third-order valence-corrected chi connectivity index (χ3v) is 5.00. The molecule has 128 valence electrons. The van der Waals surface area contributed by atoms with Crippen molar-refractivity contribution in [1.29, 1.82) is 0 Å². The summed E-state index contributed by atoms with van der Waals surface area (Å²) in [4.78, 5) is 17.5. The van der Waals surface area contributed by atoms with Crippen LogP contribution >= 0.6 is 11.3 Å². The molecular formula is C18H18N4O2S. The Kier molecular flexibility index (Phi) is 4.47. The minimum atomic E-state index is -0.407. The maximum atomic E-state index is 12.6. The molecule has 6 nitrogen and oxygen atoms in total. The SMILES string of the molecule is C#CCn1c(=NC(=O)c2cn(C)nc2OC)sc2cc(C)c(C)cc21. The zero-order valence-electron chi connectivity index (χ0n) is 14.5. The molecule has 3 aromatic rings. The minimum absolute atomic E-state index is 0.257. The molecule has 0 fully saturated rings. The van der Waals surface area contributed by atoms with Gasteiger partial charge in [-0.2, -0.15) is 4.99 Å². The number of aromatic nitrogens is 3. The van der Waals surface area contributed by atoms with Crippen molar-refractivity contribution >= 4 is 27.5 Å². The van der Waals surface area contributed by atoms with Gasteiger partial charge in [0.1, 0.15) is 5.56 Å². The number of carbonyl (C=O) groups is 1. The first-order valence-corrected chi connectivity index (χ1v) is 8.47. The Morgan fingerprint density at radius 3 is 2.80 bits per heavy atom. The van der Waals surface area contributed by atoms with Crippen LogP contribution in [0.3, 0.4) is 0 Å². The predicted molar refractivity (Wildman–Crippen MR) is 97.8 cm³/mol. The number of benzene rings is 1. The van der Waals surface area contributed by atoms with Crippen molar-refractivity contribution in [1.82, 2.24) is 14.3 Å². The lowest BCUT2D eigenvalue weighted by atomic mass is 10.1. The summed E-state index contributed by atoms with van der Waals surface area (Å²) in [7, 11) is 3.20. The molecule has 2 heterocycles. The van der Waals surface area contributed by atoms with E-state index in [1.165, 1.54) is 34.3 Å². The number of fused-ring (bicyclic) bond motifs is 1. The summed E-state index contributed by atoms with van der Waals surface area (Å²) in [5, 5.41) is 4.09. The van der Waals surface area contributed by atoms with E-state index in [0.717, 1.165) is 10.2 Å². The van der Waals surface area contributed by atoms with Gasteiger partial charge in [0.25, 0.3) is 5.91 Å². The van der Waals surface area contributed by atoms with Crippen LogP contribution in [0.4, 0.5) is 0 Å². The van der Waals surface area contributed by atoms with Gasteiger partial charge in [0.2, 0.25) is 5.88 Å². The lowest BCUT2D eigenvalue weighted by Crippen LogP contribution is -2.16. The van der Waals surface area contributed by atoms with E-state index in [2.05, 4.69) is 42.0 Å². The second kappa shape index (κ2) is 6.57. The van der Waals surface area contributed by atoms with Crippen LogP contribution in [-0.2, 0) is 13.6 Å². The third kappa shape index (κ3) is 3.08. The first-order chi connectivity index (χ1) is 11.9. The Morgan fingerprint density at radius 1 is 1.40 bits per heavy atom. The van der Waals surface area contributed by atoms with Crippen LogP contribution in [0.25, 0.3) is 10.2 Å². The summed E-state index contributed by atoms with van der Waals surface area (Å²) in [5.74, 6) is 2.48. The maximum Gasteiger partial charge on any atom is 0.286 e. The van der Waals surface area contributed by atoms with Crippen molar-refractivity contribution in [3.05, 3.63) is 39.8 Å². The fraction of sp³-hybridized carbons (Fsp3) is 0.278. The van der Waals surface area contributed by atoms with E-state index in [1.54, 1.807) is 13.2 Å². The number of ether oxygens (including phenoxy) is 1. The lowest BCUT2D eigenvalue weighted by molar-refractivity contribution is 0.0995. The fourth-order valence-electron chi connectivity index (χ4n) is 2.56. The van der Waals surface area contributed by atoms with Crippen molar-refractivity contribution in [3.8, 4) is 18.2 Å². The second-order valence-corrected chi connectivity index (χ2v) is 6.73. The number of terminal acetylenes is 1. The molecule has 0 unspecified atom stereocenters. The first-order valence-electron chi connectivity index (χ1n) is 7.65. The average Bonchev–Trinajstić information content (AvgIpc) is 3.10. The maximum absolute atomic E-state index is 12.6. The number of hydrogen-bond donors (Lipinski definition) is 0. The van der Waals surface area contributed by atoms with E-state index in [-0.39, 0.29) is 5.88 Å². The van der Waals surface area contributed by atoms with Crippen LogP contribution < -0.4 is 9.54 Å². The van der Waals surface area contributed by atoms with Crippen LogP contribution in [0, 0.1) is 26.2 Å². The van der Waals surface area contributed by atoms with Crippen LogP contribution in [-0.4, -0.2) is 27.4 Å². The van der Waals surface area contributed by atoms with Crippen molar-refractivity contribution in [3.63, 3.8) is 0 Å². The molecule has 0 aliphatic heterocycles. The largest absolute Gasteiger partial charge is 0.479 e. The molecule has 25 heavy (non-hydrogen) atoms. The van der Waals surface area contributed by atoms with Crippen LogP contribution in [0.1, 0.15) is 21.5 Å². The zero-order chi connectivity index (χ0) is 18.1. The number of methoxy groups -OCH3 is 1. The summed E-state index contributed by atoms with van der Waals surface area (Å²) < 4.78 is 9.59. The highest BCUT2D eigenvalue weighted by Crippen LogP contribution is 2.22. The lowest BCUT2D eigenvalue weighted by Gasteiger charge is -2.03. The molecule has 2 aromatic heterocycles. The molecule has 1 aromatic carbocycles. The number of aryl methyl sites for hydroxylation is 3. The smallest absolute Gasteiger partial charge is 0.286 e. The standard InChI is InChI=1S/C18H18N4O2S/c1-6-7-22-14-8-11(2)12(3)9-15(14)25-18(22)19-16(23)13-10-21(4)20-17(13)24-5/h1,8-10H,7H2,2-5H3. The van der Waals surface area contributed by atoms with Crippen molar-refractivity contribution in [2.24, 2.45) is 12.0 Å². The molecule has 1 amide bonds. The van der Waals surface area contributed by atoms with Gasteiger partial charge >= 0.3 is 0 Å². The quantitative estimate of drug-likeness (QED) is 0.679. The van der Waals surface area contributed by atoms with Crippen molar-refractivity contribution in [2.75, 3.05) is 7.11 Å². The van der Waals surface area contributed by atoms with Gasteiger partial charge in [-0.15, -0.1) is 11.5 Å². The monoisotopic (exact) mass is 354 g/mol. The van der Waals surface area contributed by atoms with E-state index in [4.69, 9.17) is 11.2 Å². The topological polar surface area (TPSA) is 61.4 Å². The van der Waals surface area contributed by atoms with E-state index in [9.17, 15) is 4.79 Å². The number of rotatable bonds is 3. The molecule has 0 atom stereocenters. The van der Waals surface area contributed by atoms with Crippen LogP contribution in [0.2, 0.25) is 0 Å². The second-order valence-electron chi connectivity index (χ2n) is 5.72. The molecule has 0 radical (unpaired) electrons. The van der Waals surface area contributed by atoms with Gasteiger partial charge in [0, 0.05) is 13.2 Å². The Hall–Kier alpha value is -2.85. The molecule has 0 N–H and O–H groups in total. The molecule has 0 saturated carbocycles. The van der Waals surface area contributed by atoms with Crippen molar-refractivity contribution in [2.45, 2.75) is 20.4 Å². The molecule has 0 bridgehead atoms. The Balaban J connectivity index is 2.20. The highest BCUT2D eigenvalue weighted by Gasteiger charge is 2.17. The molecule has 0 aliphatic rings. The van der Waals surface area contributed by atoms with E-state index in [1.807, 2.05) is 4.57 Å². The highest BCUT2D eigenvalue weighted by molar-refractivity contribution is 7.16. The Bertz CT molecular complexity index is 1080. The van der Waals surface area contributed by atoms with E-state index < -0.39 is 5.91 Å². The Labute approximate surface area is 149 Å². The summed E-state index contributed by atoms with van der Waals surface area (Å²) in [6, 6.07) is 4.17. The predicted octanol–water partition coefficient (Wildman–Crippen LogP) is 2.44. The minimum Gasteiger partial charge on any atom is -0.479 e. The summed E-state index contributed by atoms with van der Waals surface area (Å²) >= 11 is 1.44. The van der Waals surface area contributed by atoms with Gasteiger partial charge in [0.05, 0.1) is 23.9 Å². The number of nitrogens with zero attached hydrogens (tertiary/aromatic N) is 4. The van der Waals surface area contributed by atoms with Crippen LogP contribution in [0.5, 0.6) is 5.88 Å². The first kappa shape index (κ1) is 17.0. The van der Waals surface area contributed by atoms with Gasteiger partial charge in [-0.25, -0.2) is 0 Å². The molecule has 3 rings (SSSR count). The molecular weight excluding hydrogens is 336 g/mol. The highest BCUT2D eigenvalue weighted by atomic mass is 32.1. The van der Waals surface area contributed by atoms with Gasteiger partial charge in [-0.05, 0) is 37.1 Å². The number of amides is 1. The summed E-state index contributed by atoms with van der Waals surface area (Å²) in [6.07, 6.45) is 7.11. The Morgan fingerprint density at radius 2 is 2.12 bits per heavy atom. The molecule has 0 spiro atoms. The van der Waals surface area contributed by atoms with E-state index in [0.29, 0.717) is 16.9 Å². The third-order valence-electron chi connectivity index (χ3n) is 3.96. The zero-order valence-corrected chi connectivity index (χ0v) is 15.3. The van der Waals surface area contributed by atoms with Gasteiger partial charge in [-0.1, -0.05) is 17.3 Å². The van der Waals surface area contributed by atoms with Gasteiger partial charge in [-0.3, -0.25) is 9.48 Å². The normalized spacial score (nSPS) is 11.7. The molecule has 0 saturated heterocycles. The molecule has 0 aliphatic carbocycles. The fourth-order valence-corrected chi connectivity index (χ4v) is 3.67.